The quantitative estimate of drug-likeness (QED) is 0.506. The summed E-state index contributed by atoms with van der Waals surface area (Å²) in [6.45, 7) is 5.46. The number of ether oxygens (including phenoxy) is 1. The number of thiol groups is 1. The topological polar surface area (TPSA) is 34.1 Å². The molecule has 102 valence electrons. The van der Waals surface area contributed by atoms with Crippen LogP contribution in [0.5, 0.6) is 0 Å². The first-order valence-corrected chi connectivity index (χ1v) is 7.20. The number of hydrogen-bond donors (Lipinski definition) is 2. The molecular weight excluding hydrogens is 244 g/mol. The minimum atomic E-state index is 0.253. The van der Waals surface area contributed by atoms with Crippen LogP contribution >= 0.6 is 12.6 Å². The Morgan fingerprint density at radius 1 is 1.44 bits per heavy atom. The first-order valence-electron chi connectivity index (χ1n) is 6.68. The smallest absolute Gasteiger partial charge is 0.0594 e. The molecule has 0 saturated carbocycles. The highest BCUT2D eigenvalue weighted by molar-refractivity contribution is 7.81. The van der Waals surface area contributed by atoms with Gasteiger partial charge in [0.2, 0.25) is 0 Å². The second kappa shape index (κ2) is 10.4. The normalized spacial score (nSPS) is 12.6. The van der Waals surface area contributed by atoms with Crippen molar-refractivity contribution in [3.05, 3.63) is 30.1 Å². The number of nitrogens with zero attached hydrogens (tertiary/aromatic N) is 1. The molecule has 1 N–H and O–H groups in total. The summed E-state index contributed by atoms with van der Waals surface area (Å²) < 4.78 is 5.57. The zero-order chi connectivity index (χ0) is 13.1. The average molecular weight is 268 g/mol. The molecule has 0 aliphatic rings. The van der Waals surface area contributed by atoms with Gasteiger partial charge in [-0.2, -0.15) is 12.6 Å². The molecule has 0 aliphatic heterocycles. The van der Waals surface area contributed by atoms with Crippen LogP contribution < -0.4 is 5.32 Å². The van der Waals surface area contributed by atoms with Crippen LogP contribution in [0.1, 0.15) is 31.7 Å². The van der Waals surface area contributed by atoms with Gasteiger partial charge >= 0.3 is 0 Å². The van der Waals surface area contributed by atoms with Crippen molar-refractivity contribution in [3.8, 4) is 0 Å². The summed E-state index contributed by atoms with van der Waals surface area (Å²) in [5.41, 5.74) is 1.20. The molecule has 18 heavy (non-hydrogen) atoms. The van der Waals surface area contributed by atoms with Crippen LogP contribution in [-0.4, -0.2) is 30.0 Å². The van der Waals surface area contributed by atoms with Crippen molar-refractivity contribution in [1.29, 1.82) is 0 Å². The Morgan fingerprint density at radius 3 is 3.06 bits per heavy atom. The summed E-state index contributed by atoms with van der Waals surface area (Å²) in [5, 5.41) is 3.61. The van der Waals surface area contributed by atoms with Crippen molar-refractivity contribution in [1.82, 2.24) is 10.3 Å². The molecule has 0 saturated heterocycles. The lowest BCUT2D eigenvalue weighted by molar-refractivity contribution is 0.131. The summed E-state index contributed by atoms with van der Waals surface area (Å²) >= 11 is 4.50. The van der Waals surface area contributed by atoms with Crippen LogP contribution in [0.4, 0.5) is 0 Å². The largest absolute Gasteiger partial charge is 0.380 e. The highest BCUT2D eigenvalue weighted by atomic mass is 32.1. The minimum absolute atomic E-state index is 0.253. The predicted octanol–water partition coefficient (Wildman–Crippen LogP) is 2.68. The lowest BCUT2D eigenvalue weighted by atomic mass is 10.3. The molecule has 0 aliphatic carbocycles. The molecular formula is C14H24N2OS. The van der Waals surface area contributed by atoms with Crippen LogP contribution in [0.2, 0.25) is 0 Å². The maximum absolute atomic E-state index is 5.57. The second-order valence-corrected chi connectivity index (χ2v) is 5.16. The zero-order valence-corrected chi connectivity index (χ0v) is 12.0. The van der Waals surface area contributed by atoms with Gasteiger partial charge in [0.1, 0.15) is 0 Å². The summed E-state index contributed by atoms with van der Waals surface area (Å²) in [6.07, 6.45) is 7.30. The van der Waals surface area contributed by atoms with Crippen molar-refractivity contribution in [2.75, 3.05) is 19.8 Å². The highest BCUT2D eigenvalue weighted by Crippen LogP contribution is 1.99. The molecule has 0 spiro atoms. The van der Waals surface area contributed by atoms with E-state index in [4.69, 9.17) is 4.74 Å². The Hall–Kier alpha value is -0.580. The molecule has 1 heterocycles. The summed E-state index contributed by atoms with van der Waals surface area (Å²) in [5.74, 6) is 0. The predicted molar refractivity (Wildman–Crippen MR) is 79.1 cm³/mol. The van der Waals surface area contributed by atoms with E-state index < -0.39 is 0 Å². The second-order valence-electron chi connectivity index (χ2n) is 4.43. The van der Waals surface area contributed by atoms with Gasteiger partial charge in [0, 0.05) is 37.3 Å². The van der Waals surface area contributed by atoms with Crippen LogP contribution in [-0.2, 0) is 11.3 Å². The third-order valence-electron chi connectivity index (χ3n) is 2.63. The summed E-state index contributed by atoms with van der Waals surface area (Å²) in [7, 11) is 0. The molecule has 1 aromatic rings. The third-order valence-corrected chi connectivity index (χ3v) is 2.97. The standard InChI is InChI=1S/C14H24N2OS/c1-2-3-4-8-17-12-14(18)11-16-10-13-6-5-7-15-9-13/h5-7,9,14,16,18H,2-4,8,10-12H2,1H3. The van der Waals surface area contributed by atoms with Gasteiger partial charge in [0.25, 0.3) is 0 Å². The Labute approximate surface area is 116 Å². The van der Waals surface area contributed by atoms with E-state index in [2.05, 4.69) is 35.9 Å². The number of nitrogens with one attached hydrogen (secondary N) is 1. The Bertz CT molecular complexity index is 295. The van der Waals surface area contributed by atoms with Gasteiger partial charge in [0.05, 0.1) is 6.61 Å². The third kappa shape index (κ3) is 7.69. The maximum Gasteiger partial charge on any atom is 0.0594 e. The SMILES string of the molecule is CCCCCOCC(S)CNCc1cccnc1. The molecule has 3 nitrogen and oxygen atoms in total. The van der Waals surface area contributed by atoms with E-state index in [1.165, 1.54) is 18.4 Å². The lowest BCUT2D eigenvalue weighted by Crippen LogP contribution is -2.26. The fourth-order valence-corrected chi connectivity index (χ4v) is 1.85. The summed E-state index contributed by atoms with van der Waals surface area (Å²) in [6, 6.07) is 4.01. The minimum Gasteiger partial charge on any atom is -0.380 e. The van der Waals surface area contributed by atoms with Gasteiger partial charge in [-0.05, 0) is 18.1 Å². The van der Waals surface area contributed by atoms with E-state index in [1.54, 1.807) is 6.20 Å². The fraction of sp³-hybridized carbons (Fsp3) is 0.643. The lowest BCUT2D eigenvalue weighted by Gasteiger charge is -2.12. The van der Waals surface area contributed by atoms with Gasteiger partial charge in [-0.3, -0.25) is 4.98 Å². The van der Waals surface area contributed by atoms with Crippen LogP contribution in [0.15, 0.2) is 24.5 Å². The van der Waals surface area contributed by atoms with E-state index in [1.807, 2.05) is 12.3 Å². The number of aromatic nitrogens is 1. The molecule has 1 unspecified atom stereocenters. The van der Waals surface area contributed by atoms with E-state index in [-0.39, 0.29) is 5.25 Å². The molecule has 1 rings (SSSR count). The molecule has 0 amide bonds. The maximum atomic E-state index is 5.57. The zero-order valence-electron chi connectivity index (χ0n) is 11.1. The van der Waals surface area contributed by atoms with Gasteiger partial charge < -0.3 is 10.1 Å². The van der Waals surface area contributed by atoms with Crippen molar-refractivity contribution >= 4 is 12.6 Å². The van der Waals surface area contributed by atoms with Crippen molar-refractivity contribution in [3.63, 3.8) is 0 Å². The molecule has 1 atom stereocenters. The number of hydrogen-bond acceptors (Lipinski definition) is 4. The highest BCUT2D eigenvalue weighted by Gasteiger charge is 2.02. The Balaban J connectivity index is 1.98. The van der Waals surface area contributed by atoms with Gasteiger partial charge in [0.15, 0.2) is 0 Å². The summed E-state index contributed by atoms with van der Waals surface area (Å²) in [4.78, 5) is 4.08. The van der Waals surface area contributed by atoms with E-state index in [0.29, 0.717) is 6.61 Å². The Kier molecular flexibility index (Phi) is 8.90. The van der Waals surface area contributed by atoms with E-state index >= 15 is 0 Å². The van der Waals surface area contributed by atoms with E-state index in [0.717, 1.165) is 26.1 Å². The number of rotatable bonds is 10. The number of pyridine rings is 1. The molecule has 0 aromatic carbocycles. The molecule has 1 aromatic heterocycles. The van der Waals surface area contributed by atoms with Crippen molar-refractivity contribution in [2.24, 2.45) is 0 Å². The van der Waals surface area contributed by atoms with Crippen LogP contribution in [0, 0.1) is 0 Å². The van der Waals surface area contributed by atoms with Gasteiger partial charge in [-0.15, -0.1) is 0 Å². The molecule has 4 heteroatoms. The fourth-order valence-electron chi connectivity index (χ4n) is 1.62. The van der Waals surface area contributed by atoms with Crippen LogP contribution in [0.25, 0.3) is 0 Å². The number of unbranched alkanes of at least 4 members (excludes halogenated alkanes) is 2. The Morgan fingerprint density at radius 2 is 2.33 bits per heavy atom. The monoisotopic (exact) mass is 268 g/mol. The average Bonchev–Trinajstić information content (AvgIpc) is 2.40. The molecule has 0 radical (unpaired) electrons. The van der Waals surface area contributed by atoms with Gasteiger partial charge in [-0.1, -0.05) is 25.8 Å². The molecule has 0 fully saturated rings. The van der Waals surface area contributed by atoms with E-state index in [9.17, 15) is 0 Å². The molecule has 0 bridgehead atoms. The van der Waals surface area contributed by atoms with Crippen LogP contribution in [0.3, 0.4) is 0 Å². The first kappa shape index (κ1) is 15.5. The van der Waals surface area contributed by atoms with Gasteiger partial charge in [-0.25, -0.2) is 0 Å². The van der Waals surface area contributed by atoms with Crippen molar-refractivity contribution < 1.29 is 4.74 Å². The first-order chi connectivity index (χ1) is 8.83. The van der Waals surface area contributed by atoms with Crippen molar-refractivity contribution in [2.45, 2.75) is 38.0 Å².